The van der Waals surface area contributed by atoms with Gasteiger partial charge in [0, 0.05) is 25.5 Å². The second kappa shape index (κ2) is 12.0. The highest BCUT2D eigenvalue weighted by atomic mass is 32.2. The highest BCUT2D eigenvalue weighted by molar-refractivity contribution is 7.92. The van der Waals surface area contributed by atoms with Gasteiger partial charge in [0.15, 0.2) is 0 Å². The normalized spacial score (nSPS) is 21.2. The van der Waals surface area contributed by atoms with E-state index < -0.39 is 74.9 Å². The lowest BCUT2D eigenvalue weighted by atomic mass is 9.62. The van der Waals surface area contributed by atoms with E-state index in [4.69, 9.17) is 4.74 Å². The van der Waals surface area contributed by atoms with E-state index in [0.29, 0.717) is 12.1 Å². The minimum atomic E-state index is -4.86. The van der Waals surface area contributed by atoms with Gasteiger partial charge in [-0.1, -0.05) is 12.1 Å². The maximum atomic E-state index is 14.3. The molecule has 46 heavy (non-hydrogen) atoms. The molecular formula is C30H26F6N2O7S. The highest BCUT2D eigenvalue weighted by Crippen LogP contribution is 2.48. The number of ether oxygens (including phenoxy) is 2. The molecule has 2 N–H and O–H groups in total. The summed E-state index contributed by atoms with van der Waals surface area (Å²) in [5, 5.41) is 12.7. The molecule has 0 bridgehead atoms. The van der Waals surface area contributed by atoms with Gasteiger partial charge in [-0.05, 0) is 66.4 Å². The summed E-state index contributed by atoms with van der Waals surface area (Å²) in [5.74, 6) is -3.07. The van der Waals surface area contributed by atoms with Gasteiger partial charge in [-0.3, -0.25) is 13.9 Å². The van der Waals surface area contributed by atoms with Crippen molar-refractivity contribution in [1.82, 2.24) is 5.32 Å². The molecule has 0 radical (unpaired) electrons. The number of hydrogen-bond acceptors (Lipinski definition) is 6. The predicted octanol–water partition coefficient (Wildman–Crippen LogP) is 5.83. The molecule has 1 fully saturated rings. The summed E-state index contributed by atoms with van der Waals surface area (Å²) in [6.07, 6.45) is -6.07. The molecule has 1 heterocycles. The average Bonchev–Trinajstić information content (AvgIpc) is 2.93. The number of hydrogen-bond donors (Lipinski definition) is 2. The lowest BCUT2D eigenvalue weighted by molar-refractivity contribution is -0.159. The summed E-state index contributed by atoms with van der Waals surface area (Å²) in [6, 6.07) is 9.36. The molecule has 246 valence electrons. The number of amides is 1. The predicted molar refractivity (Wildman–Crippen MR) is 150 cm³/mol. The molecule has 5 rings (SSSR count). The number of aliphatic carboxylic acids is 1. The third-order valence-corrected chi connectivity index (χ3v) is 9.60. The van der Waals surface area contributed by atoms with Crippen molar-refractivity contribution in [3.05, 3.63) is 72.0 Å². The van der Waals surface area contributed by atoms with Crippen molar-refractivity contribution in [2.75, 3.05) is 10.8 Å². The molecule has 1 amide bonds. The summed E-state index contributed by atoms with van der Waals surface area (Å²) in [7, 11) is -4.76. The van der Waals surface area contributed by atoms with Crippen LogP contribution >= 0.6 is 0 Å². The molecule has 1 saturated carbocycles. The molecule has 3 aromatic rings. The van der Waals surface area contributed by atoms with E-state index in [1.54, 1.807) is 0 Å². The zero-order valence-corrected chi connectivity index (χ0v) is 24.7. The Kier molecular flexibility index (Phi) is 8.61. The van der Waals surface area contributed by atoms with Crippen LogP contribution in [0.25, 0.3) is 11.1 Å². The number of fused-ring (bicyclic) bond motifs is 1. The fourth-order valence-electron chi connectivity index (χ4n) is 5.82. The van der Waals surface area contributed by atoms with Crippen LogP contribution in [-0.2, 0) is 25.8 Å². The fourth-order valence-corrected chi connectivity index (χ4v) is 7.37. The van der Waals surface area contributed by atoms with Crippen molar-refractivity contribution < 1.29 is 58.9 Å². The summed E-state index contributed by atoms with van der Waals surface area (Å²) in [5.41, 5.74) is -2.63. The quantitative estimate of drug-likeness (QED) is 0.275. The smallest absolute Gasteiger partial charge is 0.416 e. The number of benzene rings is 3. The number of nitrogens with one attached hydrogen (secondary N) is 1. The first kappa shape index (κ1) is 32.9. The first-order valence-corrected chi connectivity index (χ1v) is 15.2. The number of carboxylic acids is 1. The van der Waals surface area contributed by atoms with Gasteiger partial charge in [-0.15, -0.1) is 0 Å². The molecule has 1 aliphatic heterocycles. The molecule has 0 aromatic heterocycles. The number of carbonyl (C=O) groups excluding carboxylic acids is 1. The van der Waals surface area contributed by atoms with Crippen molar-refractivity contribution >= 4 is 27.6 Å². The first-order valence-electron chi connectivity index (χ1n) is 13.7. The number of carbonyl (C=O) groups is 2. The van der Waals surface area contributed by atoms with E-state index in [-0.39, 0.29) is 47.7 Å². The Balaban J connectivity index is 1.56. The minimum Gasteiger partial charge on any atom is -0.486 e. The van der Waals surface area contributed by atoms with Gasteiger partial charge >= 0.3 is 18.8 Å². The summed E-state index contributed by atoms with van der Waals surface area (Å²) >= 11 is 0. The Labute approximate surface area is 258 Å². The molecule has 0 unspecified atom stereocenters. The van der Waals surface area contributed by atoms with Crippen molar-refractivity contribution in [3.8, 4) is 22.6 Å². The van der Waals surface area contributed by atoms with E-state index in [1.165, 1.54) is 25.1 Å². The van der Waals surface area contributed by atoms with Crippen LogP contribution < -0.4 is 19.1 Å². The van der Waals surface area contributed by atoms with Crippen molar-refractivity contribution in [1.29, 1.82) is 0 Å². The summed E-state index contributed by atoms with van der Waals surface area (Å²) < 4.78 is 120. The molecule has 3 aromatic carbocycles. The van der Waals surface area contributed by atoms with Crippen LogP contribution in [0.1, 0.15) is 31.7 Å². The first-order chi connectivity index (χ1) is 21.5. The average molecular weight is 673 g/mol. The second-order valence-electron chi connectivity index (χ2n) is 11.1. The van der Waals surface area contributed by atoms with E-state index in [9.17, 15) is 49.5 Å². The van der Waals surface area contributed by atoms with Crippen LogP contribution in [0.5, 0.6) is 11.5 Å². The van der Waals surface area contributed by atoms with Gasteiger partial charge in [-0.25, -0.2) is 12.8 Å². The van der Waals surface area contributed by atoms with Gasteiger partial charge in [0.25, 0.3) is 10.0 Å². The Morgan fingerprint density at radius 2 is 1.80 bits per heavy atom. The topological polar surface area (TPSA) is 122 Å². The number of anilines is 1. The van der Waals surface area contributed by atoms with Crippen LogP contribution in [0.4, 0.5) is 32.0 Å². The SMILES string of the molecule is CC(=O)N[C@H]1C[C@@](C[C@H]2CN(S(=O)(=O)c3cccc(C(F)(F)F)c3)c3cc(-c4cc(F)cc(OC(F)F)c4)ccc3O2)(C(=O)O)C1. The maximum absolute atomic E-state index is 14.3. The van der Waals surface area contributed by atoms with Crippen LogP contribution in [-0.4, -0.2) is 50.7 Å². The third kappa shape index (κ3) is 6.71. The molecule has 16 heteroatoms. The molecular weight excluding hydrogens is 646 g/mol. The van der Waals surface area contributed by atoms with Crippen LogP contribution in [0.15, 0.2) is 65.6 Å². The lowest BCUT2D eigenvalue weighted by Gasteiger charge is -2.47. The molecule has 1 aliphatic carbocycles. The second-order valence-corrected chi connectivity index (χ2v) is 13.0. The van der Waals surface area contributed by atoms with Gasteiger partial charge < -0.3 is 19.9 Å². The van der Waals surface area contributed by atoms with Crippen molar-refractivity contribution in [2.45, 2.75) is 56.0 Å². The van der Waals surface area contributed by atoms with Crippen LogP contribution in [0.2, 0.25) is 0 Å². The monoisotopic (exact) mass is 672 g/mol. The molecule has 1 atom stereocenters. The van der Waals surface area contributed by atoms with Gasteiger partial charge in [0.2, 0.25) is 5.91 Å². The van der Waals surface area contributed by atoms with Gasteiger partial charge in [-0.2, -0.15) is 22.0 Å². The Morgan fingerprint density at radius 1 is 1.09 bits per heavy atom. The summed E-state index contributed by atoms with van der Waals surface area (Å²) in [4.78, 5) is 23.1. The van der Waals surface area contributed by atoms with Crippen molar-refractivity contribution in [3.63, 3.8) is 0 Å². The number of rotatable bonds is 9. The number of nitrogens with zero attached hydrogens (tertiary/aromatic N) is 1. The Bertz CT molecular complexity index is 1780. The maximum Gasteiger partial charge on any atom is 0.416 e. The fraction of sp³-hybridized carbons (Fsp3) is 0.333. The highest BCUT2D eigenvalue weighted by Gasteiger charge is 2.53. The molecule has 0 spiro atoms. The van der Waals surface area contributed by atoms with Crippen molar-refractivity contribution in [2.24, 2.45) is 5.41 Å². The third-order valence-electron chi connectivity index (χ3n) is 7.82. The largest absolute Gasteiger partial charge is 0.486 e. The van der Waals surface area contributed by atoms with E-state index in [2.05, 4.69) is 10.1 Å². The van der Waals surface area contributed by atoms with Crippen LogP contribution in [0, 0.1) is 11.2 Å². The number of halogens is 6. The van der Waals surface area contributed by atoms with Gasteiger partial charge in [0.1, 0.15) is 23.4 Å². The van der Waals surface area contributed by atoms with E-state index >= 15 is 0 Å². The number of sulfonamides is 1. The van der Waals surface area contributed by atoms with E-state index in [0.717, 1.165) is 34.6 Å². The van der Waals surface area contributed by atoms with Gasteiger partial charge in [0.05, 0.1) is 28.1 Å². The van der Waals surface area contributed by atoms with Crippen LogP contribution in [0.3, 0.4) is 0 Å². The molecule has 0 saturated heterocycles. The minimum absolute atomic E-state index is 0.0142. The Morgan fingerprint density at radius 3 is 2.43 bits per heavy atom. The summed E-state index contributed by atoms with van der Waals surface area (Å²) in [6.45, 7) is -2.49. The Hall–Kier alpha value is -4.47. The molecule has 2 aliphatic rings. The molecule has 9 nitrogen and oxygen atoms in total. The number of carboxylic acid groups (broad SMARTS) is 1. The lowest BCUT2D eigenvalue weighted by Crippen LogP contribution is -2.57. The standard InChI is InChI=1S/C30H26F6N2O7S/c1-16(39)37-21-12-29(13-21,27(40)41)14-23-15-38(46(42,43)24-4-2-3-19(10-24)30(34,35)36)25-9-17(5-6-26(25)44-23)18-7-20(31)11-22(8-18)45-28(32)33/h2-11,21,23,28H,12-15H2,1H3,(H,37,39)(H,40,41)/t21-,23-,29+/m0/s1. The van der Waals surface area contributed by atoms with E-state index in [1.807, 2.05) is 0 Å². The zero-order chi connectivity index (χ0) is 33.6. The zero-order valence-electron chi connectivity index (χ0n) is 23.9. The number of alkyl halides is 5.